The molecule has 0 aliphatic carbocycles. The summed E-state index contributed by atoms with van der Waals surface area (Å²) >= 11 is 0. The molecule has 1 unspecified atom stereocenters. The number of phenols is 1. The Morgan fingerprint density at radius 1 is 1.18 bits per heavy atom. The highest BCUT2D eigenvalue weighted by Crippen LogP contribution is 2.48. The number of anilines is 1. The van der Waals surface area contributed by atoms with Crippen molar-refractivity contribution in [3.05, 3.63) is 79.3 Å². The molecule has 4 heterocycles. The second-order valence-corrected chi connectivity index (χ2v) is 8.25. The monoisotopic (exact) mass is 448 g/mol. The molecule has 2 aromatic carbocycles. The van der Waals surface area contributed by atoms with E-state index in [-0.39, 0.29) is 17.7 Å². The smallest absolute Gasteiger partial charge is 0.243 e. The molecule has 0 fully saturated rings. The van der Waals surface area contributed by atoms with Crippen LogP contribution in [0.15, 0.2) is 73.7 Å². The molecular weight excluding hydrogens is 428 g/mol. The number of aromatic nitrogens is 4. The minimum Gasteiger partial charge on any atom is -0.508 e. The summed E-state index contributed by atoms with van der Waals surface area (Å²) in [5.41, 5.74) is 12.1. The number of rotatable bonds is 3. The van der Waals surface area contributed by atoms with Crippen molar-refractivity contribution < 1.29 is 9.90 Å². The number of nitrogens with zero attached hydrogens (tertiary/aromatic N) is 4. The van der Waals surface area contributed by atoms with Gasteiger partial charge in [0.1, 0.15) is 23.5 Å². The van der Waals surface area contributed by atoms with E-state index in [1.165, 1.54) is 12.4 Å². The van der Waals surface area contributed by atoms with E-state index in [0.717, 1.165) is 38.9 Å². The number of amides is 1. The topological polar surface area (TPSA) is 119 Å². The third-order valence-electron chi connectivity index (χ3n) is 6.28. The summed E-state index contributed by atoms with van der Waals surface area (Å²) in [5.74, 6) is 0.188. The number of carbonyl (C=O) groups excluding carboxylic acids is 1. The Balaban J connectivity index is 1.70. The normalized spacial score (nSPS) is 14.5. The summed E-state index contributed by atoms with van der Waals surface area (Å²) in [5, 5.41) is 15.1. The number of fused-ring (bicyclic) bond motifs is 6. The van der Waals surface area contributed by atoms with E-state index in [1.54, 1.807) is 12.1 Å². The van der Waals surface area contributed by atoms with Gasteiger partial charge >= 0.3 is 0 Å². The number of aromatic hydroxyl groups is 1. The second-order valence-electron chi connectivity index (χ2n) is 8.25. The van der Waals surface area contributed by atoms with Crippen molar-refractivity contribution in [2.24, 2.45) is 0 Å². The van der Waals surface area contributed by atoms with Crippen LogP contribution in [0.3, 0.4) is 0 Å². The largest absolute Gasteiger partial charge is 0.508 e. The minimum atomic E-state index is -0.344. The number of benzene rings is 2. The first-order valence-corrected chi connectivity index (χ1v) is 10.8. The molecule has 1 atom stereocenters. The number of phenolic OH excluding ortho intramolecular Hbond substituents is 1. The van der Waals surface area contributed by atoms with Crippen LogP contribution in [-0.4, -0.2) is 30.5 Å². The second kappa shape index (κ2) is 7.41. The molecule has 0 saturated heterocycles. The maximum absolute atomic E-state index is 12.2. The molecule has 3 aromatic heterocycles. The summed E-state index contributed by atoms with van der Waals surface area (Å²) in [6.07, 6.45) is 4.50. The van der Waals surface area contributed by atoms with Crippen LogP contribution >= 0.6 is 0 Å². The number of nitrogens with two attached hydrogens (primary N) is 1. The molecule has 34 heavy (non-hydrogen) atoms. The highest BCUT2D eigenvalue weighted by molar-refractivity contribution is 6.09. The Labute approximate surface area is 194 Å². The molecule has 5 aromatic rings. The number of hydrogen-bond acceptors (Lipinski definition) is 6. The van der Waals surface area contributed by atoms with Gasteiger partial charge < -0.3 is 20.7 Å². The number of nitrogens with one attached hydrogen (secondary N) is 1. The molecule has 1 amide bonds. The molecule has 8 heteroatoms. The van der Waals surface area contributed by atoms with E-state index < -0.39 is 0 Å². The molecule has 8 nitrogen and oxygen atoms in total. The predicted molar refractivity (Wildman–Crippen MR) is 131 cm³/mol. The molecular formula is C26H20N6O2. The molecule has 166 valence electrons. The standard InChI is InChI=1S/C26H20N6O2/c1-2-21(34)31-20-12-32-24(18-10-16(33)7-8-17(18)20)22(23-25(27)29-13-30-26(23)32)15-9-14-5-3-4-6-19(14)28-11-15/h2-11,13,20,33H,1,12H2,(H,31,34)(H2,27,29,30). The summed E-state index contributed by atoms with van der Waals surface area (Å²) in [4.78, 5) is 25.7. The average molecular weight is 448 g/mol. The van der Waals surface area contributed by atoms with Crippen molar-refractivity contribution in [1.82, 2.24) is 24.8 Å². The van der Waals surface area contributed by atoms with Gasteiger partial charge in [-0.05, 0) is 35.9 Å². The quantitative estimate of drug-likeness (QED) is 0.360. The van der Waals surface area contributed by atoms with Gasteiger partial charge in [-0.1, -0.05) is 30.8 Å². The van der Waals surface area contributed by atoms with Crippen molar-refractivity contribution in [3.63, 3.8) is 0 Å². The van der Waals surface area contributed by atoms with Crippen LogP contribution in [0.5, 0.6) is 5.75 Å². The first kappa shape index (κ1) is 19.9. The summed E-state index contributed by atoms with van der Waals surface area (Å²) in [6, 6.07) is 14.8. The highest BCUT2D eigenvalue weighted by atomic mass is 16.3. The van der Waals surface area contributed by atoms with Gasteiger partial charge in [0.2, 0.25) is 5.91 Å². The van der Waals surface area contributed by atoms with Gasteiger partial charge in [0.05, 0.1) is 22.6 Å². The van der Waals surface area contributed by atoms with Crippen molar-refractivity contribution >= 4 is 33.7 Å². The zero-order valence-corrected chi connectivity index (χ0v) is 18.1. The van der Waals surface area contributed by atoms with E-state index in [1.807, 2.05) is 41.1 Å². The molecule has 0 saturated carbocycles. The van der Waals surface area contributed by atoms with Crippen LogP contribution in [0, 0.1) is 0 Å². The van der Waals surface area contributed by atoms with Crippen molar-refractivity contribution in [2.75, 3.05) is 5.73 Å². The van der Waals surface area contributed by atoms with Gasteiger partial charge in [0, 0.05) is 34.8 Å². The number of pyridine rings is 1. The van der Waals surface area contributed by atoms with Crippen LogP contribution in [0.2, 0.25) is 0 Å². The maximum atomic E-state index is 12.2. The summed E-state index contributed by atoms with van der Waals surface area (Å²) < 4.78 is 2.02. The Morgan fingerprint density at radius 3 is 2.88 bits per heavy atom. The molecule has 4 N–H and O–H groups in total. The Bertz CT molecular complexity index is 1640. The minimum absolute atomic E-state index is 0.118. The number of nitrogen functional groups attached to an aromatic ring is 1. The Hall–Kier alpha value is -4.72. The van der Waals surface area contributed by atoms with Gasteiger partial charge in [-0.3, -0.25) is 9.78 Å². The van der Waals surface area contributed by atoms with Gasteiger partial charge in [0.25, 0.3) is 0 Å². The van der Waals surface area contributed by atoms with Crippen molar-refractivity contribution in [2.45, 2.75) is 12.6 Å². The fourth-order valence-corrected chi connectivity index (χ4v) is 4.83. The van der Waals surface area contributed by atoms with Crippen LogP contribution in [-0.2, 0) is 11.3 Å². The van der Waals surface area contributed by atoms with E-state index in [0.29, 0.717) is 23.4 Å². The lowest BCUT2D eigenvalue weighted by Crippen LogP contribution is -2.32. The SMILES string of the molecule is C=CC(=O)NC1Cn2c(c(-c3cnc4ccccc4c3)c3c(N)ncnc32)-c2cc(O)ccc21. The van der Waals surface area contributed by atoms with Gasteiger partial charge in [0.15, 0.2) is 0 Å². The average Bonchev–Trinajstić information content (AvgIpc) is 3.19. The van der Waals surface area contributed by atoms with Crippen molar-refractivity contribution in [1.29, 1.82) is 0 Å². The number of hydrogen-bond donors (Lipinski definition) is 3. The maximum Gasteiger partial charge on any atom is 0.243 e. The lowest BCUT2D eigenvalue weighted by Gasteiger charge is -2.29. The molecule has 0 bridgehead atoms. The first-order valence-electron chi connectivity index (χ1n) is 10.8. The summed E-state index contributed by atoms with van der Waals surface area (Å²) in [6.45, 7) is 4.00. The zero-order valence-electron chi connectivity index (χ0n) is 18.1. The van der Waals surface area contributed by atoms with Gasteiger partial charge in [-0.2, -0.15) is 0 Å². The van der Waals surface area contributed by atoms with E-state index >= 15 is 0 Å². The Morgan fingerprint density at radius 2 is 2.03 bits per heavy atom. The van der Waals surface area contributed by atoms with Gasteiger partial charge in [-0.15, -0.1) is 0 Å². The lowest BCUT2D eigenvalue weighted by atomic mass is 9.90. The number of carbonyl (C=O) groups is 1. The molecule has 1 aliphatic rings. The lowest BCUT2D eigenvalue weighted by molar-refractivity contribution is -0.117. The van der Waals surface area contributed by atoms with E-state index in [9.17, 15) is 9.90 Å². The van der Waals surface area contributed by atoms with Crippen LogP contribution in [0.1, 0.15) is 11.6 Å². The molecule has 1 aliphatic heterocycles. The highest BCUT2D eigenvalue weighted by Gasteiger charge is 2.32. The van der Waals surface area contributed by atoms with Crippen LogP contribution in [0.4, 0.5) is 5.82 Å². The van der Waals surface area contributed by atoms with Gasteiger partial charge in [-0.25, -0.2) is 9.97 Å². The predicted octanol–water partition coefficient (Wildman–Crippen LogP) is 3.96. The fourth-order valence-electron chi connectivity index (χ4n) is 4.83. The number of para-hydroxylation sites is 1. The van der Waals surface area contributed by atoms with Crippen molar-refractivity contribution in [3.8, 4) is 28.1 Å². The van der Waals surface area contributed by atoms with Crippen LogP contribution < -0.4 is 11.1 Å². The third kappa shape index (κ3) is 2.92. The molecule has 0 spiro atoms. The molecule has 6 rings (SSSR count). The Kier molecular flexibility index (Phi) is 4.35. The first-order chi connectivity index (χ1) is 16.5. The third-order valence-corrected chi connectivity index (χ3v) is 6.28. The summed E-state index contributed by atoms with van der Waals surface area (Å²) in [7, 11) is 0. The van der Waals surface area contributed by atoms with E-state index in [4.69, 9.17) is 5.73 Å². The fraction of sp³-hybridized carbons (Fsp3) is 0.0769. The van der Waals surface area contributed by atoms with E-state index in [2.05, 4.69) is 32.9 Å². The zero-order chi connectivity index (χ0) is 23.4. The van der Waals surface area contributed by atoms with Crippen LogP contribution in [0.25, 0.3) is 44.3 Å². The molecule has 0 radical (unpaired) electrons.